The second-order valence-electron chi connectivity index (χ2n) is 11.2. The fraction of sp³-hybridized carbons (Fsp3) is 0.679. The van der Waals surface area contributed by atoms with Crippen molar-refractivity contribution in [1.29, 1.82) is 0 Å². The number of aliphatic hydroxyl groups excluding tert-OH is 1. The van der Waals surface area contributed by atoms with Crippen molar-refractivity contribution in [2.24, 2.45) is 22.7 Å². The molecule has 0 spiro atoms. The van der Waals surface area contributed by atoms with Crippen molar-refractivity contribution in [1.82, 2.24) is 0 Å². The first-order valence-electron chi connectivity index (χ1n) is 12.1. The van der Waals surface area contributed by atoms with Gasteiger partial charge in [-0.15, -0.1) is 0 Å². The number of hydrogen-bond donors (Lipinski definition) is 1. The molecule has 1 saturated carbocycles. The van der Waals surface area contributed by atoms with Gasteiger partial charge in [-0.1, -0.05) is 45.9 Å². The smallest absolute Gasteiger partial charge is 0.143 e. The number of carbonyl (C=O) groups is 1. The van der Waals surface area contributed by atoms with E-state index in [-0.39, 0.29) is 11.5 Å². The lowest BCUT2D eigenvalue weighted by atomic mass is 9.47. The maximum atomic E-state index is 13.3. The van der Waals surface area contributed by atoms with E-state index in [1.165, 1.54) is 22.3 Å². The number of rotatable bonds is 3. The quantitative estimate of drug-likeness (QED) is 0.614. The summed E-state index contributed by atoms with van der Waals surface area (Å²) in [5.74, 6) is 1.94. The zero-order valence-corrected chi connectivity index (χ0v) is 19.8. The molecule has 164 valence electrons. The summed E-state index contributed by atoms with van der Waals surface area (Å²) in [5, 5.41) is 10.2. The number of hydrogen-bond acceptors (Lipinski definition) is 2. The molecule has 0 heterocycles. The predicted octanol–water partition coefficient (Wildman–Crippen LogP) is 6.10. The van der Waals surface area contributed by atoms with Gasteiger partial charge in [0.2, 0.25) is 0 Å². The molecule has 0 unspecified atom stereocenters. The van der Waals surface area contributed by atoms with Crippen molar-refractivity contribution < 1.29 is 9.90 Å². The monoisotopic (exact) mass is 408 g/mol. The van der Waals surface area contributed by atoms with Crippen molar-refractivity contribution in [3.63, 3.8) is 0 Å². The Labute approximate surface area is 183 Å². The minimum atomic E-state index is -0.392. The summed E-state index contributed by atoms with van der Waals surface area (Å²) in [7, 11) is 0. The Morgan fingerprint density at radius 1 is 1.07 bits per heavy atom. The van der Waals surface area contributed by atoms with Gasteiger partial charge < -0.3 is 5.11 Å². The number of aryl methyl sites for hydroxylation is 1. The van der Waals surface area contributed by atoms with Gasteiger partial charge in [-0.25, -0.2) is 0 Å². The van der Waals surface area contributed by atoms with Crippen LogP contribution in [0.1, 0.15) is 94.0 Å². The lowest BCUT2D eigenvalue weighted by Gasteiger charge is -2.56. The molecule has 0 amide bonds. The van der Waals surface area contributed by atoms with E-state index in [0.29, 0.717) is 30.0 Å². The average Bonchev–Trinajstić information content (AvgIpc) is 2.70. The molecule has 5 atom stereocenters. The molecular weight excluding hydrogens is 368 g/mol. The molecule has 2 nitrogen and oxygen atoms in total. The molecule has 4 rings (SSSR count). The van der Waals surface area contributed by atoms with Crippen molar-refractivity contribution in [3.05, 3.63) is 46.0 Å². The van der Waals surface area contributed by atoms with Gasteiger partial charge in [-0.3, -0.25) is 4.79 Å². The largest absolute Gasteiger partial charge is 0.393 e. The Bertz CT molecular complexity index is 879. The van der Waals surface area contributed by atoms with Crippen LogP contribution in [0.5, 0.6) is 0 Å². The number of fused-ring (bicyclic) bond motifs is 5. The normalized spacial score (nSPS) is 34.6. The van der Waals surface area contributed by atoms with E-state index in [1.54, 1.807) is 5.56 Å². The van der Waals surface area contributed by atoms with Crippen LogP contribution >= 0.6 is 0 Å². The van der Waals surface area contributed by atoms with Gasteiger partial charge in [0.1, 0.15) is 5.78 Å². The van der Waals surface area contributed by atoms with Gasteiger partial charge in [-0.05, 0) is 103 Å². The van der Waals surface area contributed by atoms with Crippen molar-refractivity contribution in [2.45, 2.75) is 98.5 Å². The molecule has 0 aromatic heterocycles. The van der Waals surface area contributed by atoms with Crippen molar-refractivity contribution >= 4 is 5.78 Å². The fourth-order valence-electron chi connectivity index (χ4n) is 6.54. The summed E-state index contributed by atoms with van der Waals surface area (Å²) in [6.07, 6.45) is 10.9. The number of aliphatic hydroxyl groups is 1. The maximum absolute atomic E-state index is 13.3. The van der Waals surface area contributed by atoms with Gasteiger partial charge in [0.05, 0.1) is 11.5 Å². The lowest BCUT2D eigenvalue weighted by molar-refractivity contribution is -0.138. The van der Waals surface area contributed by atoms with Crippen LogP contribution < -0.4 is 0 Å². The maximum Gasteiger partial charge on any atom is 0.143 e. The van der Waals surface area contributed by atoms with E-state index in [0.717, 1.165) is 38.5 Å². The number of benzene rings is 1. The number of allylic oxidation sites excluding steroid dienone is 2. The minimum absolute atomic E-state index is 0.0304. The second kappa shape index (κ2) is 7.62. The Morgan fingerprint density at radius 3 is 2.50 bits per heavy atom. The van der Waals surface area contributed by atoms with E-state index >= 15 is 0 Å². The third kappa shape index (κ3) is 3.22. The highest BCUT2D eigenvalue weighted by molar-refractivity contribution is 5.88. The Hall–Kier alpha value is -1.41. The van der Waals surface area contributed by atoms with Crippen LogP contribution in [0.3, 0.4) is 0 Å². The molecule has 0 radical (unpaired) electrons. The fourth-order valence-corrected chi connectivity index (χ4v) is 6.54. The highest BCUT2D eigenvalue weighted by Gasteiger charge is 2.57. The van der Waals surface area contributed by atoms with E-state index in [2.05, 4.69) is 59.8 Å². The molecule has 1 fully saturated rings. The first-order valence-corrected chi connectivity index (χ1v) is 12.1. The first kappa shape index (κ1) is 21.8. The molecule has 2 heteroatoms. The molecule has 0 saturated heterocycles. The summed E-state index contributed by atoms with van der Waals surface area (Å²) in [4.78, 5) is 13.3. The first-order chi connectivity index (χ1) is 14.1. The van der Waals surface area contributed by atoms with Crippen LogP contribution in [0.25, 0.3) is 0 Å². The van der Waals surface area contributed by atoms with Gasteiger partial charge in [0.15, 0.2) is 0 Å². The molecular formula is C28H40O2. The number of Topliss-reactive ketones (excluding diaryl/α,β-unsaturated/α-hetero) is 1. The molecule has 3 aliphatic carbocycles. The van der Waals surface area contributed by atoms with Crippen molar-refractivity contribution in [2.75, 3.05) is 0 Å². The average molecular weight is 409 g/mol. The van der Waals surface area contributed by atoms with E-state index in [4.69, 9.17) is 0 Å². The third-order valence-corrected chi connectivity index (χ3v) is 9.34. The van der Waals surface area contributed by atoms with Crippen LogP contribution in [0.2, 0.25) is 0 Å². The summed E-state index contributed by atoms with van der Waals surface area (Å²) in [6.45, 7) is 13.6. The molecule has 1 aromatic carbocycles. The van der Waals surface area contributed by atoms with Gasteiger partial charge in [0, 0.05) is 6.42 Å². The summed E-state index contributed by atoms with van der Waals surface area (Å²) in [6, 6.07) is 2.42. The zero-order valence-electron chi connectivity index (χ0n) is 19.8. The minimum Gasteiger partial charge on any atom is -0.393 e. The summed E-state index contributed by atoms with van der Waals surface area (Å²) in [5.41, 5.74) is 6.92. The number of carbonyl (C=O) groups excluding carboxylic acids is 1. The third-order valence-electron chi connectivity index (χ3n) is 9.34. The Morgan fingerprint density at radius 2 is 1.80 bits per heavy atom. The van der Waals surface area contributed by atoms with Crippen LogP contribution in [-0.4, -0.2) is 17.0 Å². The predicted molar refractivity (Wildman–Crippen MR) is 124 cm³/mol. The van der Waals surface area contributed by atoms with E-state index in [9.17, 15) is 9.90 Å². The van der Waals surface area contributed by atoms with Gasteiger partial charge in [-0.2, -0.15) is 0 Å². The van der Waals surface area contributed by atoms with E-state index in [1.807, 2.05) is 0 Å². The SMILES string of the molecule is Cc1cc2c(c3c1C[C@@H](O)CC3)CC[C@@]1(C)[C@H]2CCC(=O)[C@@]1(C)/C=C/[C@H](C)C(C)C. The molecule has 1 N–H and O–H groups in total. The van der Waals surface area contributed by atoms with Gasteiger partial charge in [0.25, 0.3) is 0 Å². The Kier molecular flexibility index (Phi) is 5.54. The molecule has 0 bridgehead atoms. The number of ketones is 1. The van der Waals surface area contributed by atoms with E-state index < -0.39 is 5.41 Å². The molecule has 1 aromatic rings. The second-order valence-corrected chi connectivity index (χ2v) is 11.2. The van der Waals surface area contributed by atoms with Crippen LogP contribution in [0, 0.1) is 29.6 Å². The summed E-state index contributed by atoms with van der Waals surface area (Å²) >= 11 is 0. The molecule has 3 aliphatic rings. The Balaban J connectivity index is 1.78. The highest BCUT2D eigenvalue weighted by Crippen LogP contribution is 2.62. The standard InChI is InChI=1S/C28H40O2/c1-17(2)18(3)11-13-28(6)26(30)10-9-25-24-15-19(4)23-16-20(29)7-8-21(23)22(24)12-14-27(25,28)5/h11,13,15,17-18,20,25,29H,7-10,12,14,16H2,1-6H3/b13-11+/t18-,20-,25-,27-,28+/m0/s1. The van der Waals surface area contributed by atoms with Gasteiger partial charge >= 0.3 is 0 Å². The highest BCUT2D eigenvalue weighted by atomic mass is 16.3. The summed E-state index contributed by atoms with van der Waals surface area (Å²) < 4.78 is 0. The van der Waals surface area contributed by atoms with Crippen LogP contribution in [0.4, 0.5) is 0 Å². The molecule has 0 aliphatic heterocycles. The zero-order chi connectivity index (χ0) is 21.8. The molecule has 30 heavy (non-hydrogen) atoms. The van der Waals surface area contributed by atoms with Crippen LogP contribution in [0.15, 0.2) is 18.2 Å². The van der Waals surface area contributed by atoms with Crippen molar-refractivity contribution in [3.8, 4) is 0 Å². The van der Waals surface area contributed by atoms with Crippen LogP contribution in [-0.2, 0) is 24.1 Å². The topological polar surface area (TPSA) is 37.3 Å². The lowest BCUT2D eigenvalue weighted by Crippen LogP contribution is -2.52.